The molecule has 0 radical (unpaired) electrons. The van der Waals surface area contributed by atoms with Crippen LogP contribution in [0.2, 0.25) is 0 Å². The molecule has 0 aliphatic heterocycles. The number of rotatable bonds is 2. The molecule has 114 valence electrons. The van der Waals surface area contributed by atoms with Crippen molar-refractivity contribution in [3.63, 3.8) is 0 Å². The van der Waals surface area contributed by atoms with E-state index in [-0.39, 0.29) is 22.5 Å². The molecule has 2 aromatic heterocycles. The number of fused-ring (bicyclic) bond motifs is 1. The molecule has 4 nitrogen and oxygen atoms in total. The Morgan fingerprint density at radius 3 is 2.59 bits per heavy atom. The molecule has 1 aromatic carbocycles. The highest BCUT2D eigenvalue weighted by Gasteiger charge is 2.33. The van der Waals surface area contributed by atoms with Crippen molar-refractivity contribution in [3.05, 3.63) is 53.9 Å². The molecule has 22 heavy (non-hydrogen) atoms. The summed E-state index contributed by atoms with van der Waals surface area (Å²) in [5.41, 5.74) is -1.60. The Balaban J connectivity index is 2.21. The minimum absolute atomic E-state index is 0.0475. The Morgan fingerprint density at radius 1 is 1.18 bits per heavy atom. The number of halogens is 4. The molecular formula is C14H9ClF3N3O. The van der Waals surface area contributed by atoms with Crippen molar-refractivity contribution in [1.29, 1.82) is 0 Å². The summed E-state index contributed by atoms with van der Waals surface area (Å²) in [5.74, 6) is 0. The van der Waals surface area contributed by atoms with Crippen LogP contribution >= 0.6 is 11.6 Å². The fourth-order valence-electron chi connectivity index (χ4n) is 2.16. The summed E-state index contributed by atoms with van der Waals surface area (Å²) < 4.78 is 40.6. The van der Waals surface area contributed by atoms with Crippen LogP contribution in [0.3, 0.4) is 0 Å². The van der Waals surface area contributed by atoms with Crippen molar-refractivity contribution >= 4 is 17.2 Å². The molecule has 0 fully saturated rings. The first-order chi connectivity index (χ1) is 10.4. The molecule has 3 rings (SSSR count). The Kier molecular flexibility index (Phi) is 3.54. The van der Waals surface area contributed by atoms with Gasteiger partial charge < -0.3 is 5.11 Å². The topological polar surface area (TPSA) is 50.4 Å². The van der Waals surface area contributed by atoms with E-state index >= 15 is 0 Å². The lowest BCUT2D eigenvalue weighted by Crippen LogP contribution is -2.07. The van der Waals surface area contributed by atoms with Gasteiger partial charge in [-0.05, 0) is 12.1 Å². The lowest BCUT2D eigenvalue weighted by atomic mass is 10.0. The molecule has 2 heterocycles. The average molecular weight is 328 g/mol. The predicted octanol–water partition coefficient (Wildman–Crippen LogP) is 3.64. The second-order valence-corrected chi connectivity index (χ2v) is 4.97. The van der Waals surface area contributed by atoms with Gasteiger partial charge in [0.1, 0.15) is 0 Å². The lowest BCUT2D eigenvalue weighted by molar-refractivity contribution is -0.137. The second-order valence-electron chi connectivity index (χ2n) is 4.56. The monoisotopic (exact) mass is 327 g/mol. The third kappa shape index (κ3) is 2.53. The van der Waals surface area contributed by atoms with Crippen LogP contribution in [-0.2, 0) is 6.18 Å². The largest absolute Gasteiger partial charge is 0.417 e. The van der Waals surface area contributed by atoms with Gasteiger partial charge in [0.2, 0.25) is 0 Å². The number of nitrogens with zero attached hydrogens (tertiary/aromatic N) is 3. The molecule has 3 aromatic rings. The Labute approximate surface area is 127 Å². The van der Waals surface area contributed by atoms with E-state index in [1.54, 1.807) is 0 Å². The van der Waals surface area contributed by atoms with E-state index in [4.69, 9.17) is 11.6 Å². The summed E-state index contributed by atoms with van der Waals surface area (Å²) in [4.78, 5) is 4.16. The van der Waals surface area contributed by atoms with E-state index in [0.29, 0.717) is 0 Å². The van der Waals surface area contributed by atoms with Gasteiger partial charge in [-0.1, -0.05) is 29.8 Å². The maximum absolute atomic E-state index is 13.1. The van der Waals surface area contributed by atoms with Gasteiger partial charge in [0.25, 0.3) is 0 Å². The van der Waals surface area contributed by atoms with Gasteiger partial charge in [0.15, 0.2) is 11.2 Å². The lowest BCUT2D eigenvalue weighted by Gasteiger charge is -2.12. The minimum Gasteiger partial charge on any atom is -0.373 e. The third-order valence-corrected chi connectivity index (χ3v) is 3.40. The highest BCUT2D eigenvalue weighted by molar-refractivity contribution is 6.20. The first-order valence-electron chi connectivity index (χ1n) is 6.21. The third-order valence-electron chi connectivity index (χ3n) is 3.16. The molecule has 0 saturated heterocycles. The van der Waals surface area contributed by atoms with Crippen LogP contribution in [0.25, 0.3) is 16.9 Å². The van der Waals surface area contributed by atoms with E-state index in [0.717, 1.165) is 6.07 Å². The quantitative estimate of drug-likeness (QED) is 0.731. The molecule has 0 saturated carbocycles. The number of benzene rings is 1. The van der Waals surface area contributed by atoms with E-state index in [1.807, 2.05) is 0 Å². The molecule has 0 aliphatic carbocycles. The van der Waals surface area contributed by atoms with E-state index < -0.39 is 17.3 Å². The second kappa shape index (κ2) is 5.26. The Bertz CT molecular complexity index is 830. The van der Waals surface area contributed by atoms with E-state index in [1.165, 1.54) is 41.2 Å². The molecule has 8 heteroatoms. The van der Waals surface area contributed by atoms with Crippen LogP contribution in [0.4, 0.5) is 13.2 Å². The molecule has 0 bridgehead atoms. The summed E-state index contributed by atoms with van der Waals surface area (Å²) >= 11 is 5.61. The van der Waals surface area contributed by atoms with Crippen LogP contribution in [0, 0.1) is 0 Å². The number of hydrogen-bond donors (Lipinski definition) is 1. The average Bonchev–Trinajstić information content (AvgIpc) is 2.89. The normalized spacial score (nSPS) is 13.5. The Hall–Kier alpha value is -2.12. The zero-order valence-electron chi connectivity index (χ0n) is 10.9. The fourth-order valence-corrected chi connectivity index (χ4v) is 2.31. The van der Waals surface area contributed by atoms with Crippen LogP contribution in [0.15, 0.2) is 42.7 Å². The van der Waals surface area contributed by atoms with Crippen molar-refractivity contribution in [2.45, 2.75) is 11.7 Å². The number of aliphatic hydroxyl groups is 1. The Morgan fingerprint density at radius 2 is 1.91 bits per heavy atom. The highest BCUT2D eigenvalue weighted by Crippen LogP contribution is 2.36. The van der Waals surface area contributed by atoms with Crippen molar-refractivity contribution in [2.24, 2.45) is 0 Å². The zero-order valence-corrected chi connectivity index (χ0v) is 11.7. The zero-order chi connectivity index (χ0) is 15.9. The standard InChI is InChI=1S/C14H9ClF3N3O/c15-12(22)9-7-19-21-6-5-11(20-13(9)21)8-3-1-2-4-10(8)14(16,17)18/h1-7,12,22H. The van der Waals surface area contributed by atoms with Crippen molar-refractivity contribution in [1.82, 2.24) is 14.6 Å². The number of alkyl halides is 4. The molecule has 1 atom stereocenters. The number of aromatic nitrogens is 3. The van der Waals surface area contributed by atoms with Gasteiger partial charge in [0.05, 0.1) is 23.0 Å². The smallest absolute Gasteiger partial charge is 0.373 e. The minimum atomic E-state index is -4.49. The van der Waals surface area contributed by atoms with E-state index in [9.17, 15) is 18.3 Å². The van der Waals surface area contributed by atoms with Gasteiger partial charge >= 0.3 is 6.18 Å². The first-order valence-corrected chi connectivity index (χ1v) is 6.64. The summed E-state index contributed by atoms with van der Waals surface area (Å²) in [6, 6.07) is 6.58. The summed E-state index contributed by atoms with van der Waals surface area (Å²) in [6.45, 7) is 0. The maximum Gasteiger partial charge on any atom is 0.417 e. The van der Waals surface area contributed by atoms with Gasteiger partial charge in [0, 0.05) is 11.8 Å². The van der Waals surface area contributed by atoms with E-state index in [2.05, 4.69) is 10.1 Å². The van der Waals surface area contributed by atoms with Crippen LogP contribution in [-0.4, -0.2) is 19.7 Å². The van der Waals surface area contributed by atoms with Crippen molar-refractivity contribution < 1.29 is 18.3 Å². The summed E-state index contributed by atoms with van der Waals surface area (Å²) in [6.07, 6.45) is -1.70. The number of hydrogen-bond acceptors (Lipinski definition) is 3. The molecule has 0 spiro atoms. The van der Waals surface area contributed by atoms with Gasteiger partial charge in [-0.2, -0.15) is 18.3 Å². The number of aliphatic hydroxyl groups excluding tert-OH is 1. The highest BCUT2D eigenvalue weighted by atomic mass is 35.5. The van der Waals surface area contributed by atoms with Crippen LogP contribution in [0.1, 0.15) is 16.7 Å². The molecule has 0 amide bonds. The van der Waals surface area contributed by atoms with Gasteiger partial charge in [-0.3, -0.25) is 0 Å². The molecular weight excluding hydrogens is 319 g/mol. The first kappa shape index (κ1) is 14.8. The summed E-state index contributed by atoms with van der Waals surface area (Å²) in [5, 5.41) is 13.4. The van der Waals surface area contributed by atoms with Gasteiger partial charge in [-0.25, -0.2) is 9.50 Å². The SMILES string of the molecule is OC(Cl)c1cnn2ccc(-c3ccccc3C(F)(F)F)nc12. The molecule has 1 unspecified atom stereocenters. The van der Waals surface area contributed by atoms with Crippen molar-refractivity contribution in [2.75, 3.05) is 0 Å². The van der Waals surface area contributed by atoms with Gasteiger partial charge in [-0.15, -0.1) is 0 Å². The fraction of sp³-hybridized carbons (Fsp3) is 0.143. The van der Waals surface area contributed by atoms with Crippen LogP contribution in [0.5, 0.6) is 0 Å². The molecule has 1 N–H and O–H groups in total. The molecule has 0 aliphatic rings. The maximum atomic E-state index is 13.1. The van der Waals surface area contributed by atoms with Crippen molar-refractivity contribution in [3.8, 4) is 11.3 Å². The predicted molar refractivity (Wildman–Crippen MR) is 74.2 cm³/mol. The van der Waals surface area contributed by atoms with Crippen LogP contribution < -0.4 is 0 Å². The summed E-state index contributed by atoms with van der Waals surface area (Å²) in [7, 11) is 0.